The van der Waals surface area contributed by atoms with Crippen molar-refractivity contribution in [3.63, 3.8) is 0 Å². The van der Waals surface area contributed by atoms with E-state index in [1.165, 1.54) is 6.92 Å². The highest BCUT2D eigenvalue weighted by atomic mass is 16.4. The van der Waals surface area contributed by atoms with Crippen molar-refractivity contribution in [3.05, 3.63) is 0 Å². The third-order valence-corrected chi connectivity index (χ3v) is 2.51. The fourth-order valence-corrected chi connectivity index (χ4v) is 1.35. The second-order valence-corrected chi connectivity index (χ2v) is 4.02. The van der Waals surface area contributed by atoms with E-state index in [0.717, 1.165) is 0 Å². The largest absolute Gasteiger partial charge is 0.480 e. The predicted molar refractivity (Wildman–Crippen MR) is 65.4 cm³/mol. The van der Waals surface area contributed by atoms with Crippen LogP contribution in [0, 0.1) is 11.8 Å². The summed E-state index contributed by atoms with van der Waals surface area (Å²) in [6.45, 7) is 5.57. The highest BCUT2D eigenvalue weighted by Gasteiger charge is 2.22. The molecule has 2 atom stereocenters. The van der Waals surface area contributed by atoms with Gasteiger partial charge in [0.1, 0.15) is 6.04 Å². The molecular formula is C12H20N2O3. The molecule has 0 saturated carbocycles. The molecule has 96 valence electrons. The van der Waals surface area contributed by atoms with Crippen LogP contribution in [0.1, 0.15) is 27.2 Å². The number of aliphatic carboxylic acids is 1. The first-order valence-electron chi connectivity index (χ1n) is 5.48. The third kappa shape index (κ3) is 6.59. The maximum Gasteiger partial charge on any atom is 0.326 e. The van der Waals surface area contributed by atoms with E-state index in [0.29, 0.717) is 13.0 Å². The molecule has 5 nitrogen and oxygen atoms in total. The van der Waals surface area contributed by atoms with Crippen molar-refractivity contribution in [2.75, 3.05) is 13.6 Å². The Hall–Kier alpha value is -1.54. The number of nitrogens with one attached hydrogen (secondary N) is 1. The van der Waals surface area contributed by atoms with Crippen molar-refractivity contribution in [1.29, 1.82) is 0 Å². The zero-order valence-corrected chi connectivity index (χ0v) is 10.8. The summed E-state index contributed by atoms with van der Waals surface area (Å²) in [7, 11) is 1.88. The first kappa shape index (κ1) is 15.5. The van der Waals surface area contributed by atoms with Gasteiger partial charge in [-0.1, -0.05) is 5.92 Å². The van der Waals surface area contributed by atoms with E-state index in [9.17, 15) is 9.59 Å². The van der Waals surface area contributed by atoms with Gasteiger partial charge in [-0.3, -0.25) is 9.69 Å². The van der Waals surface area contributed by atoms with Crippen LogP contribution in [0.15, 0.2) is 0 Å². The zero-order chi connectivity index (χ0) is 13.4. The van der Waals surface area contributed by atoms with Crippen LogP contribution in [0.3, 0.4) is 0 Å². The third-order valence-electron chi connectivity index (χ3n) is 2.51. The Labute approximate surface area is 102 Å². The summed E-state index contributed by atoms with van der Waals surface area (Å²) >= 11 is 0. The summed E-state index contributed by atoms with van der Waals surface area (Å²) in [6.07, 6.45) is 0.358. The van der Waals surface area contributed by atoms with Crippen LogP contribution in [0.5, 0.6) is 0 Å². The molecule has 0 aromatic heterocycles. The molecule has 5 heteroatoms. The van der Waals surface area contributed by atoms with E-state index < -0.39 is 12.0 Å². The van der Waals surface area contributed by atoms with Gasteiger partial charge in [-0.05, 0) is 27.3 Å². The molecule has 0 aromatic rings. The topological polar surface area (TPSA) is 69.6 Å². The molecule has 2 N–H and O–H groups in total. The van der Waals surface area contributed by atoms with Gasteiger partial charge in [0.2, 0.25) is 5.91 Å². The molecule has 1 amide bonds. The molecule has 0 rings (SSSR count). The van der Waals surface area contributed by atoms with Gasteiger partial charge in [-0.15, -0.1) is 5.92 Å². The number of hydrogen-bond acceptors (Lipinski definition) is 3. The standard InChI is InChI=1S/C12H20N2O3/c1-5-6-7-14(4)9(2)8-11(12(16)17)13-10(3)15/h9,11H,7-8H2,1-4H3,(H,13,15)(H,16,17). The van der Waals surface area contributed by atoms with Crippen LogP contribution in [-0.4, -0.2) is 47.6 Å². The predicted octanol–water partition coefficient (Wildman–Crippen LogP) is 0.309. The number of amides is 1. The van der Waals surface area contributed by atoms with Crippen molar-refractivity contribution < 1.29 is 14.7 Å². The van der Waals surface area contributed by atoms with Crippen molar-refractivity contribution in [2.45, 2.75) is 39.3 Å². The summed E-state index contributed by atoms with van der Waals surface area (Å²) in [5.41, 5.74) is 0. The van der Waals surface area contributed by atoms with Gasteiger partial charge in [0.25, 0.3) is 0 Å². The lowest BCUT2D eigenvalue weighted by Gasteiger charge is -2.25. The van der Waals surface area contributed by atoms with Crippen LogP contribution < -0.4 is 5.32 Å². The van der Waals surface area contributed by atoms with Gasteiger partial charge in [0.15, 0.2) is 0 Å². The van der Waals surface area contributed by atoms with Gasteiger partial charge in [-0.2, -0.15) is 0 Å². The molecule has 0 radical (unpaired) electrons. The van der Waals surface area contributed by atoms with E-state index in [1.54, 1.807) is 6.92 Å². The van der Waals surface area contributed by atoms with Gasteiger partial charge >= 0.3 is 5.97 Å². The fourth-order valence-electron chi connectivity index (χ4n) is 1.35. The maximum absolute atomic E-state index is 10.9. The summed E-state index contributed by atoms with van der Waals surface area (Å²) in [6, 6.07) is -0.816. The van der Waals surface area contributed by atoms with Crippen LogP contribution >= 0.6 is 0 Å². The van der Waals surface area contributed by atoms with Crippen molar-refractivity contribution in [2.24, 2.45) is 0 Å². The molecule has 2 unspecified atom stereocenters. The molecule has 0 spiro atoms. The first-order chi connectivity index (χ1) is 7.88. The molecule has 0 bridgehead atoms. The zero-order valence-electron chi connectivity index (χ0n) is 10.8. The Bertz CT molecular complexity index is 330. The lowest BCUT2D eigenvalue weighted by atomic mass is 10.1. The van der Waals surface area contributed by atoms with Crippen molar-refractivity contribution in [3.8, 4) is 11.8 Å². The minimum Gasteiger partial charge on any atom is -0.480 e. The van der Waals surface area contributed by atoms with Gasteiger partial charge in [-0.25, -0.2) is 4.79 Å². The number of hydrogen-bond donors (Lipinski definition) is 2. The first-order valence-corrected chi connectivity index (χ1v) is 5.48. The minimum atomic E-state index is -1.01. The van der Waals surface area contributed by atoms with E-state index in [2.05, 4.69) is 17.2 Å². The number of carboxylic acid groups (broad SMARTS) is 1. The van der Waals surface area contributed by atoms with E-state index in [-0.39, 0.29) is 11.9 Å². The fraction of sp³-hybridized carbons (Fsp3) is 0.667. The summed E-state index contributed by atoms with van der Waals surface area (Å²) in [5.74, 6) is 4.35. The molecular weight excluding hydrogens is 220 g/mol. The molecule has 17 heavy (non-hydrogen) atoms. The maximum atomic E-state index is 10.9. The molecule has 0 aliphatic heterocycles. The SMILES string of the molecule is CC#CCN(C)C(C)CC(NC(C)=O)C(=O)O. The van der Waals surface area contributed by atoms with E-state index in [1.807, 2.05) is 18.9 Å². The second kappa shape index (κ2) is 7.69. The molecule has 0 heterocycles. The highest BCUT2D eigenvalue weighted by Crippen LogP contribution is 2.05. The van der Waals surface area contributed by atoms with Gasteiger partial charge < -0.3 is 10.4 Å². The number of carbonyl (C=O) groups excluding carboxylic acids is 1. The van der Waals surface area contributed by atoms with Crippen LogP contribution in [0.25, 0.3) is 0 Å². The quantitative estimate of drug-likeness (QED) is 0.656. The Kier molecular flexibility index (Phi) is 6.99. The molecule has 0 aliphatic rings. The highest BCUT2D eigenvalue weighted by molar-refractivity contribution is 5.82. The summed E-state index contributed by atoms with van der Waals surface area (Å²) < 4.78 is 0. The average Bonchev–Trinajstić information content (AvgIpc) is 2.23. The average molecular weight is 240 g/mol. The van der Waals surface area contributed by atoms with Crippen molar-refractivity contribution >= 4 is 11.9 Å². The van der Waals surface area contributed by atoms with Crippen LogP contribution in [-0.2, 0) is 9.59 Å². The molecule has 0 fully saturated rings. The number of carbonyl (C=O) groups is 2. The number of rotatable bonds is 6. The second-order valence-electron chi connectivity index (χ2n) is 4.02. The van der Waals surface area contributed by atoms with Crippen molar-refractivity contribution in [1.82, 2.24) is 10.2 Å². The van der Waals surface area contributed by atoms with E-state index in [4.69, 9.17) is 5.11 Å². The lowest BCUT2D eigenvalue weighted by Crippen LogP contribution is -2.44. The van der Waals surface area contributed by atoms with Crippen LogP contribution in [0.4, 0.5) is 0 Å². The number of nitrogens with zero attached hydrogens (tertiary/aromatic N) is 1. The Morgan fingerprint density at radius 3 is 2.47 bits per heavy atom. The smallest absolute Gasteiger partial charge is 0.326 e. The monoisotopic (exact) mass is 240 g/mol. The number of carboxylic acids is 1. The van der Waals surface area contributed by atoms with Gasteiger partial charge in [0.05, 0.1) is 6.54 Å². The van der Waals surface area contributed by atoms with E-state index >= 15 is 0 Å². The molecule has 0 aliphatic carbocycles. The Morgan fingerprint density at radius 2 is 2.06 bits per heavy atom. The van der Waals surface area contributed by atoms with Gasteiger partial charge in [0, 0.05) is 13.0 Å². The Morgan fingerprint density at radius 1 is 1.47 bits per heavy atom. The Balaban J connectivity index is 4.37. The van der Waals surface area contributed by atoms with Crippen LogP contribution in [0.2, 0.25) is 0 Å². The summed E-state index contributed by atoms with van der Waals surface area (Å²) in [5, 5.41) is 11.4. The molecule has 0 saturated heterocycles. The normalized spacial score (nSPS) is 13.5. The minimum absolute atomic E-state index is 0.0313. The molecule has 0 aromatic carbocycles. The lowest BCUT2D eigenvalue weighted by molar-refractivity contribution is -0.142. The summed E-state index contributed by atoms with van der Waals surface area (Å²) in [4.78, 5) is 23.8.